The van der Waals surface area contributed by atoms with Crippen molar-refractivity contribution in [3.63, 3.8) is 0 Å². The summed E-state index contributed by atoms with van der Waals surface area (Å²) >= 11 is 0. The van der Waals surface area contributed by atoms with Gasteiger partial charge in [0.05, 0.1) is 11.3 Å². The topological polar surface area (TPSA) is 70.2 Å². The molecule has 1 aromatic rings. The molecule has 1 heterocycles. The summed E-state index contributed by atoms with van der Waals surface area (Å²) in [5, 5.41) is 2.48. The molecule has 3 N–H and O–H groups in total. The lowest BCUT2D eigenvalue weighted by Crippen LogP contribution is -2.43. The van der Waals surface area contributed by atoms with Crippen LogP contribution in [-0.4, -0.2) is 17.9 Å². The molecule has 2 amide bonds. The molecule has 2 rings (SSSR count). The van der Waals surface area contributed by atoms with Crippen molar-refractivity contribution in [2.75, 3.05) is 5.43 Å². The fraction of sp³-hybridized carbons (Fsp3) is 0.333. The Kier molecular flexibility index (Phi) is 3.82. The third-order valence-electron chi connectivity index (χ3n) is 2.85. The van der Waals surface area contributed by atoms with E-state index in [9.17, 15) is 22.8 Å². The summed E-state index contributed by atoms with van der Waals surface area (Å²) in [5.41, 5.74) is 4.38. The summed E-state index contributed by atoms with van der Waals surface area (Å²) in [7, 11) is 0. The van der Waals surface area contributed by atoms with Gasteiger partial charge in [-0.15, -0.1) is 0 Å². The summed E-state index contributed by atoms with van der Waals surface area (Å²) in [6.45, 7) is 0. The molecule has 108 valence electrons. The van der Waals surface area contributed by atoms with Crippen LogP contribution < -0.4 is 16.2 Å². The number of benzene rings is 1. The van der Waals surface area contributed by atoms with Crippen molar-refractivity contribution < 1.29 is 22.8 Å². The average molecular weight is 287 g/mol. The third kappa shape index (κ3) is 3.40. The largest absolute Gasteiger partial charge is 0.416 e. The molecular weight excluding hydrogens is 275 g/mol. The van der Waals surface area contributed by atoms with Crippen LogP contribution in [0.3, 0.4) is 0 Å². The van der Waals surface area contributed by atoms with Gasteiger partial charge in [0.2, 0.25) is 5.91 Å². The normalized spacial score (nSPS) is 18.6. The van der Waals surface area contributed by atoms with E-state index in [-0.39, 0.29) is 5.91 Å². The molecule has 1 atom stereocenters. The van der Waals surface area contributed by atoms with Gasteiger partial charge in [0, 0.05) is 6.42 Å². The van der Waals surface area contributed by atoms with Crippen LogP contribution in [0.1, 0.15) is 18.4 Å². The van der Waals surface area contributed by atoms with Crippen molar-refractivity contribution >= 4 is 17.5 Å². The standard InChI is InChI=1S/C12H12F3N3O2/c13-12(14,15)7-1-3-8(4-2-7)17-18-11(20)9-5-6-10(19)16-9/h1-4,9,17H,5-6H2,(H,16,19)(H,18,20). The maximum Gasteiger partial charge on any atom is 0.416 e. The van der Waals surface area contributed by atoms with Gasteiger partial charge >= 0.3 is 6.18 Å². The first-order valence-corrected chi connectivity index (χ1v) is 5.89. The predicted octanol–water partition coefficient (Wildman–Crippen LogP) is 1.43. The lowest BCUT2D eigenvalue weighted by Gasteiger charge is -2.13. The van der Waals surface area contributed by atoms with Gasteiger partial charge in [-0.05, 0) is 30.7 Å². The molecular formula is C12H12F3N3O2. The SMILES string of the molecule is O=C1CCC(C(=O)NNc2ccc(C(F)(F)F)cc2)N1. The molecule has 0 saturated carbocycles. The Labute approximate surface area is 112 Å². The van der Waals surface area contributed by atoms with Crippen LogP contribution in [0.2, 0.25) is 0 Å². The summed E-state index contributed by atoms with van der Waals surface area (Å²) in [4.78, 5) is 22.6. The quantitative estimate of drug-likeness (QED) is 0.736. The number of nitrogens with one attached hydrogen (secondary N) is 3. The number of amides is 2. The number of hydrogen-bond acceptors (Lipinski definition) is 3. The van der Waals surface area contributed by atoms with E-state index in [0.717, 1.165) is 12.1 Å². The summed E-state index contributed by atoms with van der Waals surface area (Å²) < 4.78 is 37.0. The van der Waals surface area contributed by atoms with Gasteiger partial charge in [-0.25, -0.2) is 0 Å². The predicted molar refractivity (Wildman–Crippen MR) is 64.4 cm³/mol. The first kappa shape index (κ1) is 14.2. The van der Waals surface area contributed by atoms with Gasteiger partial charge in [-0.3, -0.25) is 20.4 Å². The second-order valence-electron chi connectivity index (χ2n) is 4.35. The molecule has 1 aliphatic heterocycles. The molecule has 0 aliphatic carbocycles. The Balaban J connectivity index is 1.88. The maximum atomic E-state index is 12.3. The molecule has 1 aliphatic rings. The highest BCUT2D eigenvalue weighted by atomic mass is 19.4. The van der Waals surface area contributed by atoms with Crippen LogP contribution in [0.15, 0.2) is 24.3 Å². The number of halogens is 3. The maximum absolute atomic E-state index is 12.3. The number of carbonyl (C=O) groups is 2. The van der Waals surface area contributed by atoms with Crippen molar-refractivity contribution in [2.45, 2.75) is 25.1 Å². The number of carbonyl (C=O) groups excluding carboxylic acids is 2. The molecule has 1 unspecified atom stereocenters. The monoisotopic (exact) mass is 287 g/mol. The Hall–Kier alpha value is -2.25. The molecule has 1 fully saturated rings. The first-order chi connectivity index (χ1) is 9.36. The van der Waals surface area contributed by atoms with Crippen molar-refractivity contribution in [3.05, 3.63) is 29.8 Å². The van der Waals surface area contributed by atoms with Crippen LogP contribution in [0.25, 0.3) is 0 Å². The minimum atomic E-state index is -4.39. The summed E-state index contributed by atoms with van der Waals surface area (Å²) in [6.07, 6.45) is -3.70. The molecule has 0 spiro atoms. The van der Waals surface area contributed by atoms with E-state index in [2.05, 4.69) is 16.2 Å². The van der Waals surface area contributed by atoms with Gasteiger partial charge in [0.1, 0.15) is 6.04 Å². The summed E-state index contributed by atoms with van der Waals surface area (Å²) in [5.74, 6) is -0.629. The van der Waals surface area contributed by atoms with Crippen LogP contribution >= 0.6 is 0 Å². The van der Waals surface area contributed by atoms with Crippen molar-refractivity contribution in [3.8, 4) is 0 Å². The summed E-state index contributed by atoms with van der Waals surface area (Å²) in [6, 6.07) is 3.62. The van der Waals surface area contributed by atoms with Crippen molar-refractivity contribution in [1.29, 1.82) is 0 Å². The molecule has 0 bridgehead atoms. The highest BCUT2D eigenvalue weighted by Gasteiger charge is 2.30. The Morgan fingerprint density at radius 3 is 2.40 bits per heavy atom. The first-order valence-electron chi connectivity index (χ1n) is 5.89. The second kappa shape index (κ2) is 5.40. The lowest BCUT2D eigenvalue weighted by atomic mass is 10.2. The molecule has 1 aromatic carbocycles. The number of rotatable bonds is 3. The molecule has 8 heteroatoms. The van der Waals surface area contributed by atoms with E-state index in [1.54, 1.807) is 0 Å². The minimum Gasteiger partial charge on any atom is -0.344 e. The van der Waals surface area contributed by atoms with Gasteiger partial charge in [-0.1, -0.05) is 0 Å². The van der Waals surface area contributed by atoms with E-state index < -0.39 is 23.7 Å². The minimum absolute atomic E-state index is 0.195. The van der Waals surface area contributed by atoms with E-state index in [0.29, 0.717) is 18.5 Å². The van der Waals surface area contributed by atoms with E-state index in [1.807, 2.05) is 0 Å². The van der Waals surface area contributed by atoms with Crippen LogP contribution in [-0.2, 0) is 15.8 Å². The highest BCUT2D eigenvalue weighted by Crippen LogP contribution is 2.29. The third-order valence-corrected chi connectivity index (χ3v) is 2.85. The van der Waals surface area contributed by atoms with E-state index >= 15 is 0 Å². The molecule has 0 radical (unpaired) electrons. The smallest absolute Gasteiger partial charge is 0.344 e. The number of alkyl halides is 3. The van der Waals surface area contributed by atoms with Crippen LogP contribution in [0.4, 0.5) is 18.9 Å². The average Bonchev–Trinajstić information content (AvgIpc) is 2.82. The van der Waals surface area contributed by atoms with Gasteiger partial charge < -0.3 is 5.32 Å². The number of hydrazine groups is 1. The fourth-order valence-corrected chi connectivity index (χ4v) is 1.77. The number of hydrogen-bond donors (Lipinski definition) is 3. The van der Waals surface area contributed by atoms with Crippen molar-refractivity contribution in [1.82, 2.24) is 10.7 Å². The Morgan fingerprint density at radius 2 is 1.90 bits per heavy atom. The molecule has 1 saturated heterocycles. The van der Waals surface area contributed by atoms with Crippen LogP contribution in [0, 0.1) is 0 Å². The zero-order chi connectivity index (χ0) is 14.8. The zero-order valence-electron chi connectivity index (χ0n) is 10.3. The second-order valence-corrected chi connectivity index (χ2v) is 4.35. The molecule has 5 nitrogen and oxygen atoms in total. The van der Waals surface area contributed by atoms with Gasteiger partial charge in [0.25, 0.3) is 5.91 Å². The molecule has 0 aromatic heterocycles. The Morgan fingerprint density at radius 1 is 1.25 bits per heavy atom. The van der Waals surface area contributed by atoms with Crippen LogP contribution in [0.5, 0.6) is 0 Å². The zero-order valence-corrected chi connectivity index (χ0v) is 10.3. The highest BCUT2D eigenvalue weighted by molar-refractivity contribution is 5.91. The van der Waals surface area contributed by atoms with Gasteiger partial charge in [-0.2, -0.15) is 13.2 Å². The van der Waals surface area contributed by atoms with Crippen molar-refractivity contribution in [2.24, 2.45) is 0 Å². The Bertz CT molecular complexity index is 514. The van der Waals surface area contributed by atoms with E-state index in [4.69, 9.17) is 0 Å². The van der Waals surface area contributed by atoms with Gasteiger partial charge in [0.15, 0.2) is 0 Å². The number of anilines is 1. The lowest BCUT2D eigenvalue weighted by molar-refractivity contribution is -0.137. The molecule has 20 heavy (non-hydrogen) atoms. The van der Waals surface area contributed by atoms with E-state index in [1.165, 1.54) is 12.1 Å². The fourth-order valence-electron chi connectivity index (χ4n) is 1.77.